The van der Waals surface area contributed by atoms with Gasteiger partial charge in [-0.05, 0) is 39.0 Å². The molecule has 0 saturated carbocycles. The number of ether oxygens (including phenoxy) is 1. The molecular formula is C13H17FN2O3. The van der Waals surface area contributed by atoms with Crippen molar-refractivity contribution in [2.75, 3.05) is 12.3 Å². The molecule has 0 heterocycles. The van der Waals surface area contributed by atoms with Crippen LogP contribution in [0.3, 0.4) is 0 Å². The number of halogens is 1. The van der Waals surface area contributed by atoms with Crippen molar-refractivity contribution in [1.82, 2.24) is 5.32 Å². The van der Waals surface area contributed by atoms with Gasteiger partial charge in [0.05, 0.1) is 5.56 Å². The minimum Gasteiger partial charge on any atom is -0.452 e. The maximum absolute atomic E-state index is 12.8. The van der Waals surface area contributed by atoms with Crippen molar-refractivity contribution < 1.29 is 18.7 Å². The molecule has 5 nitrogen and oxygen atoms in total. The van der Waals surface area contributed by atoms with Crippen molar-refractivity contribution in [3.8, 4) is 0 Å². The third-order valence-electron chi connectivity index (χ3n) is 2.08. The molecule has 0 aromatic heterocycles. The van der Waals surface area contributed by atoms with Gasteiger partial charge in [0, 0.05) is 11.2 Å². The second-order valence-electron chi connectivity index (χ2n) is 5.11. The largest absolute Gasteiger partial charge is 0.452 e. The molecule has 1 aromatic rings. The van der Waals surface area contributed by atoms with Gasteiger partial charge in [-0.3, -0.25) is 4.79 Å². The van der Waals surface area contributed by atoms with E-state index in [0.29, 0.717) is 0 Å². The normalized spacial score (nSPS) is 10.9. The quantitative estimate of drug-likeness (QED) is 0.642. The Balaban J connectivity index is 2.59. The molecule has 0 saturated heterocycles. The second-order valence-corrected chi connectivity index (χ2v) is 5.11. The van der Waals surface area contributed by atoms with Crippen molar-refractivity contribution >= 4 is 17.6 Å². The number of anilines is 1. The lowest BCUT2D eigenvalue weighted by Gasteiger charge is -2.20. The summed E-state index contributed by atoms with van der Waals surface area (Å²) in [6.07, 6.45) is 0. The van der Waals surface area contributed by atoms with Crippen molar-refractivity contribution in [2.45, 2.75) is 26.3 Å². The Bertz CT molecular complexity index is 495. The molecule has 0 aliphatic rings. The van der Waals surface area contributed by atoms with Crippen LogP contribution >= 0.6 is 0 Å². The van der Waals surface area contributed by atoms with Crippen molar-refractivity contribution in [3.05, 3.63) is 29.6 Å². The van der Waals surface area contributed by atoms with Gasteiger partial charge in [0.15, 0.2) is 6.61 Å². The number of carbonyl (C=O) groups is 2. The Hall–Kier alpha value is -2.11. The van der Waals surface area contributed by atoms with Crippen LogP contribution in [0.4, 0.5) is 10.1 Å². The van der Waals surface area contributed by atoms with E-state index in [1.165, 1.54) is 6.07 Å². The van der Waals surface area contributed by atoms with Crippen LogP contribution in [0, 0.1) is 5.82 Å². The summed E-state index contributed by atoms with van der Waals surface area (Å²) in [5.41, 5.74) is 5.09. The molecule has 0 aliphatic carbocycles. The van der Waals surface area contributed by atoms with Crippen LogP contribution in [-0.2, 0) is 9.53 Å². The molecule has 19 heavy (non-hydrogen) atoms. The number of amides is 1. The molecule has 1 amide bonds. The first-order valence-electron chi connectivity index (χ1n) is 5.72. The summed E-state index contributed by atoms with van der Waals surface area (Å²) in [7, 11) is 0. The van der Waals surface area contributed by atoms with E-state index in [-0.39, 0.29) is 11.3 Å². The molecule has 0 unspecified atom stereocenters. The highest BCUT2D eigenvalue weighted by Crippen LogP contribution is 2.14. The first-order chi connectivity index (χ1) is 8.69. The Kier molecular flexibility index (Phi) is 4.47. The molecule has 1 aromatic carbocycles. The lowest BCUT2D eigenvalue weighted by Crippen LogP contribution is -2.42. The zero-order chi connectivity index (χ0) is 14.6. The fourth-order valence-corrected chi connectivity index (χ4v) is 1.38. The second kappa shape index (κ2) is 5.69. The molecule has 0 aliphatic heterocycles. The SMILES string of the molecule is CC(C)(C)NC(=O)COC(=O)c1ccc(F)cc1N. The molecular weight excluding hydrogens is 251 g/mol. The van der Waals surface area contributed by atoms with Crippen LogP contribution < -0.4 is 11.1 Å². The summed E-state index contributed by atoms with van der Waals surface area (Å²) < 4.78 is 17.6. The Morgan fingerprint density at radius 2 is 2.00 bits per heavy atom. The first-order valence-corrected chi connectivity index (χ1v) is 5.72. The monoisotopic (exact) mass is 268 g/mol. The van der Waals surface area contributed by atoms with Crippen LogP contribution in [0.25, 0.3) is 0 Å². The number of rotatable bonds is 3. The molecule has 6 heteroatoms. The fraction of sp³-hybridized carbons (Fsp3) is 0.385. The number of nitrogens with one attached hydrogen (secondary N) is 1. The molecule has 0 fully saturated rings. The number of nitrogen functional groups attached to an aromatic ring is 1. The van der Waals surface area contributed by atoms with Gasteiger partial charge in [0.1, 0.15) is 5.82 Å². The molecule has 3 N–H and O–H groups in total. The van der Waals surface area contributed by atoms with E-state index >= 15 is 0 Å². The third kappa shape index (κ3) is 4.95. The van der Waals surface area contributed by atoms with Crippen LogP contribution in [0.5, 0.6) is 0 Å². The summed E-state index contributed by atoms with van der Waals surface area (Å²) in [6, 6.07) is 3.34. The number of esters is 1. The highest BCUT2D eigenvalue weighted by molar-refractivity contribution is 5.96. The Morgan fingerprint density at radius 1 is 1.37 bits per heavy atom. The number of nitrogens with two attached hydrogens (primary N) is 1. The molecule has 0 atom stereocenters. The van der Waals surface area contributed by atoms with Crippen molar-refractivity contribution in [2.24, 2.45) is 0 Å². The van der Waals surface area contributed by atoms with E-state index in [0.717, 1.165) is 12.1 Å². The van der Waals surface area contributed by atoms with E-state index in [9.17, 15) is 14.0 Å². The van der Waals surface area contributed by atoms with E-state index < -0.39 is 29.8 Å². The standard InChI is InChI=1S/C13H17FN2O3/c1-13(2,3)16-11(17)7-19-12(18)9-5-4-8(14)6-10(9)15/h4-6H,7,15H2,1-3H3,(H,16,17). The van der Waals surface area contributed by atoms with Crippen molar-refractivity contribution in [1.29, 1.82) is 0 Å². The minimum atomic E-state index is -0.762. The molecule has 0 bridgehead atoms. The summed E-state index contributed by atoms with van der Waals surface area (Å²) in [4.78, 5) is 23.1. The highest BCUT2D eigenvalue weighted by Gasteiger charge is 2.17. The van der Waals surface area contributed by atoms with Gasteiger partial charge in [0.2, 0.25) is 0 Å². The topological polar surface area (TPSA) is 81.4 Å². The van der Waals surface area contributed by atoms with E-state index in [1.54, 1.807) is 0 Å². The Labute approximate surface area is 110 Å². The van der Waals surface area contributed by atoms with Gasteiger partial charge in [0.25, 0.3) is 5.91 Å². The summed E-state index contributed by atoms with van der Waals surface area (Å²) >= 11 is 0. The van der Waals surface area contributed by atoms with Crippen LogP contribution in [0.15, 0.2) is 18.2 Å². The average Bonchev–Trinajstić information content (AvgIpc) is 2.23. The first kappa shape index (κ1) is 14.9. The molecule has 0 spiro atoms. The summed E-state index contributed by atoms with van der Waals surface area (Å²) in [5, 5.41) is 2.64. The van der Waals surface area contributed by atoms with Gasteiger partial charge in [-0.1, -0.05) is 0 Å². The van der Waals surface area contributed by atoms with Gasteiger partial charge in [-0.15, -0.1) is 0 Å². The number of hydrogen-bond acceptors (Lipinski definition) is 4. The van der Waals surface area contributed by atoms with Gasteiger partial charge in [-0.25, -0.2) is 9.18 Å². The smallest absolute Gasteiger partial charge is 0.340 e. The lowest BCUT2D eigenvalue weighted by atomic mass is 10.1. The van der Waals surface area contributed by atoms with Crippen LogP contribution in [0.1, 0.15) is 31.1 Å². The summed E-state index contributed by atoms with van der Waals surface area (Å²) in [6.45, 7) is 5.02. The number of benzene rings is 1. The predicted octanol–water partition coefficient (Wildman–Crippen LogP) is 1.48. The summed E-state index contributed by atoms with van der Waals surface area (Å²) in [5.74, 6) is -1.72. The third-order valence-corrected chi connectivity index (χ3v) is 2.08. The maximum Gasteiger partial charge on any atom is 0.340 e. The average molecular weight is 268 g/mol. The highest BCUT2D eigenvalue weighted by atomic mass is 19.1. The van der Waals surface area contributed by atoms with E-state index in [2.05, 4.69) is 5.32 Å². The molecule has 104 valence electrons. The Morgan fingerprint density at radius 3 is 2.53 bits per heavy atom. The number of carbonyl (C=O) groups excluding carboxylic acids is 2. The van der Waals surface area contributed by atoms with Gasteiger partial charge in [-0.2, -0.15) is 0 Å². The zero-order valence-corrected chi connectivity index (χ0v) is 11.1. The van der Waals surface area contributed by atoms with E-state index in [1.807, 2.05) is 20.8 Å². The van der Waals surface area contributed by atoms with E-state index in [4.69, 9.17) is 10.5 Å². The molecule has 1 rings (SSSR count). The maximum atomic E-state index is 12.8. The van der Waals surface area contributed by atoms with Crippen molar-refractivity contribution in [3.63, 3.8) is 0 Å². The number of hydrogen-bond donors (Lipinski definition) is 2. The van der Waals surface area contributed by atoms with Crippen LogP contribution in [-0.4, -0.2) is 24.0 Å². The van der Waals surface area contributed by atoms with Gasteiger partial charge < -0.3 is 15.8 Å². The lowest BCUT2D eigenvalue weighted by molar-refractivity contribution is -0.125. The van der Waals surface area contributed by atoms with Gasteiger partial charge >= 0.3 is 5.97 Å². The minimum absolute atomic E-state index is 0.0266. The zero-order valence-electron chi connectivity index (χ0n) is 11.1. The fourth-order valence-electron chi connectivity index (χ4n) is 1.38. The molecule has 0 radical (unpaired) electrons. The van der Waals surface area contributed by atoms with Crippen LogP contribution in [0.2, 0.25) is 0 Å². The predicted molar refractivity (Wildman–Crippen MR) is 69.0 cm³/mol.